The molecule has 0 bridgehead atoms. The van der Waals surface area contributed by atoms with E-state index < -0.39 is 34.1 Å². The normalized spacial score (nSPS) is 18.2. The maximum atomic E-state index is 12.8. The zero-order valence-corrected chi connectivity index (χ0v) is 16.3. The molecule has 1 saturated heterocycles. The van der Waals surface area contributed by atoms with E-state index >= 15 is 0 Å². The molecular formula is C17H17F3N2O4S2. The van der Waals surface area contributed by atoms with Gasteiger partial charge in [-0.3, -0.25) is 4.79 Å². The summed E-state index contributed by atoms with van der Waals surface area (Å²) in [6, 6.07) is 7.09. The van der Waals surface area contributed by atoms with Crippen LogP contribution in [0.2, 0.25) is 0 Å². The quantitative estimate of drug-likeness (QED) is 0.778. The first kappa shape index (κ1) is 20.6. The highest BCUT2D eigenvalue weighted by molar-refractivity contribution is 7.91. The number of benzene rings is 1. The van der Waals surface area contributed by atoms with Crippen LogP contribution in [0.3, 0.4) is 0 Å². The monoisotopic (exact) mass is 434 g/mol. The summed E-state index contributed by atoms with van der Waals surface area (Å²) < 4.78 is 67.8. The number of aryl methyl sites for hydroxylation is 1. The average Bonchev–Trinajstić information content (AvgIpc) is 3.23. The van der Waals surface area contributed by atoms with Gasteiger partial charge in [-0.1, -0.05) is 6.07 Å². The van der Waals surface area contributed by atoms with E-state index in [0.29, 0.717) is 12.8 Å². The fourth-order valence-corrected chi connectivity index (χ4v) is 6.02. The molecule has 0 aliphatic carbocycles. The van der Waals surface area contributed by atoms with E-state index in [1.165, 1.54) is 18.2 Å². The van der Waals surface area contributed by atoms with Crippen molar-refractivity contribution in [3.8, 4) is 5.75 Å². The number of carbonyl (C=O) groups excluding carboxylic acids is 1. The zero-order chi connectivity index (χ0) is 20.5. The third kappa shape index (κ3) is 4.65. The minimum absolute atomic E-state index is 0.0861. The lowest BCUT2D eigenvalue weighted by molar-refractivity contribution is -0.274. The summed E-state index contributed by atoms with van der Waals surface area (Å²) in [5.41, 5.74) is 0.0861. The number of nitrogens with one attached hydrogen (secondary N) is 1. The van der Waals surface area contributed by atoms with Crippen molar-refractivity contribution in [1.82, 2.24) is 4.31 Å². The number of thiophene rings is 1. The fourth-order valence-electron chi connectivity index (χ4n) is 2.95. The lowest BCUT2D eigenvalue weighted by Crippen LogP contribution is -2.42. The Balaban J connectivity index is 1.76. The van der Waals surface area contributed by atoms with Crippen molar-refractivity contribution in [3.05, 3.63) is 41.3 Å². The molecule has 1 atom stereocenters. The zero-order valence-electron chi connectivity index (χ0n) is 14.7. The van der Waals surface area contributed by atoms with Gasteiger partial charge >= 0.3 is 6.36 Å². The molecule has 1 fully saturated rings. The van der Waals surface area contributed by atoms with Crippen molar-refractivity contribution in [2.75, 3.05) is 11.9 Å². The van der Waals surface area contributed by atoms with Gasteiger partial charge in [-0.15, -0.1) is 24.5 Å². The van der Waals surface area contributed by atoms with Gasteiger partial charge in [-0.05, 0) is 44.0 Å². The fraction of sp³-hybridized carbons (Fsp3) is 0.353. The first-order valence-electron chi connectivity index (χ1n) is 8.31. The summed E-state index contributed by atoms with van der Waals surface area (Å²) in [6.45, 7) is 1.99. The Morgan fingerprint density at radius 2 is 2.04 bits per heavy atom. The minimum Gasteiger partial charge on any atom is -0.406 e. The van der Waals surface area contributed by atoms with Crippen LogP contribution in [0, 0.1) is 6.92 Å². The van der Waals surface area contributed by atoms with Crippen LogP contribution in [0.4, 0.5) is 18.9 Å². The predicted octanol–water partition coefficient (Wildman–Crippen LogP) is 3.75. The van der Waals surface area contributed by atoms with Crippen LogP contribution in [0.5, 0.6) is 5.75 Å². The Morgan fingerprint density at radius 3 is 2.68 bits per heavy atom. The largest absolute Gasteiger partial charge is 0.573 e. The third-order valence-corrected chi connectivity index (χ3v) is 7.50. The number of anilines is 1. The first-order chi connectivity index (χ1) is 13.1. The Hall–Kier alpha value is -2.11. The van der Waals surface area contributed by atoms with Crippen molar-refractivity contribution >= 4 is 33.0 Å². The topological polar surface area (TPSA) is 75.7 Å². The van der Waals surface area contributed by atoms with Crippen molar-refractivity contribution < 1.29 is 31.1 Å². The molecule has 28 heavy (non-hydrogen) atoms. The van der Waals surface area contributed by atoms with E-state index in [0.717, 1.165) is 32.7 Å². The van der Waals surface area contributed by atoms with E-state index in [9.17, 15) is 26.4 Å². The van der Waals surface area contributed by atoms with Crippen molar-refractivity contribution in [1.29, 1.82) is 0 Å². The molecule has 0 spiro atoms. The Labute approximate surface area is 164 Å². The second-order valence-corrected chi connectivity index (χ2v) is 9.61. The van der Waals surface area contributed by atoms with Gasteiger partial charge in [0.15, 0.2) is 0 Å². The van der Waals surface area contributed by atoms with Crippen LogP contribution >= 0.6 is 11.3 Å². The van der Waals surface area contributed by atoms with Gasteiger partial charge in [0.2, 0.25) is 5.91 Å². The van der Waals surface area contributed by atoms with E-state index in [1.54, 1.807) is 13.0 Å². The number of alkyl halides is 3. The highest BCUT2D eigenvalue weighted by Crippen LogP contribution is 2.31. The molecular weight excluding hydrogens is 417 g/mol. The number of sulfonamides is 1. The maximum Gasteiger partial charge on any atom is 0.573 e. The second-order valence-electron chi connectivity index (χ2n) is 6.20. The molecule has 152 valence electrons. The van der Waals surface area contributed by atoms with E-state index in [-0.39, 0.29) is 16.4 Å². The molecule has 1 aliphatic rings. The summed E-state index contributed by atoms with van der Waals surface area (Å²) in [6.07, 6.45) is -4.01. The Morgan fingerprint density at radius 1 is 1.29 bits per heavy atom. The molecule has 1 aliphatic heterocycles. The summed E-state index contributed by atoms with van der Waals surface area (Å²) >= 11 is 1.12. The molecule has 3 rings (SSSR count). The summed E-state index contributed by atoms with van der Waals surface area (Å²) in [5.74, 6) is -1.08. The number of amides is 1. The Bertz CT molecular complexity index is 973. The van der Waals surface area contributed by atoms with Gasteiger partial charge in [-0.25, -0.2) is 8.42 Å². The summed E-state index contributed by atoms with van der Waals surface area (Å²) in [7, 11) is -3.82. The smallest absolute Gasteiger partial charge is 0.406 e. The van der Waals surface area contributed by atoms with Crippen LogP contribution in [0.25, 0.3) is 0 Å². The molecule has 0 unspecified atom stereocenters. The van der Waals surface area contributed by atoms with Crippen LogP contribution in [0.1, 0.15) is 17.7 Å². The van der Waals surface area contributed by atoms with Gasteiger partial charge in [0.1, 0.15) is 16.0 Å². The molecule has 1 N–H and O–H groups in total. The molecule has 6 nitrogen and oxygen atoms in total. The van der Waals surface area contributed by atoms with Gasteiger partial charge in [0, 0.05) is 23.2 Å². The molecule has 0 saturated carbocycles. The van der Waals surface area contributed by atoms with Gasteiger partial charge in [0.25, 0.3) is 10.0 Å². The van der Waals surface area contributed by atoms with Crippen molar-refractivity contribution in [2.24, 2.45) is 0 Å². The van der Waals surface area contributed by atoms with Crippen LogP contribution < -0.4 is 10.1 Å². The standard InChI is InChI=1S/C17H17F3N2O4S2/c1-11-7-8-15(27-11)28(24,25)22-9-3-6-14(22)16(23)21-12-4-2-5-13(10-12)26-17(18,19)20/h2,4-5,7-8,10,14H,3,6,9H2,1H3,(H,21,23)/t14-/m0/s1. The SMILES string of the molecule is Cc1ccc(S(=O)(=O)N2CCC[C@H]2C(=O)Nc2cccc(OC(F)(F)F)c2)s1. The molecule has 11 heteroatoms. The molecule has 2 aromatic rings. The lowest BCUT2D eigenvalue weighted by atomic mass is 10.2. The highest BCUT2D eigenvalue weighted by atomic mass is 32.2. The summed E-state index contributed by atoms with van der Waals surface area (Å²) in [5, 5.41) is 2.48. The highest BCUT2D eigenvalue weighted by Gasteiger charge is 2.40. The minimum atomic E-state index is -4.85. The molecule has 2 heterocycles. The number of hydrogen-bond donors (Lipinski definition) is 1. The molecule has 1 aromatic carbocycles. The molecule has 1 aromatic heterocycles. The number of ether oxygens (including phenoxy) is 1. The number of rotatable bonds is 5. The maximum absolute atomic E-state index is 12.8. The van der Waals surface area contributed by atoms with Crippen molar-refractivity contribution in [3.63, 3.8) is 0 Å². The van der Waals surface area contributed by atoms with Gasteiger partial charge < -0.3 is 10.1 Å². The van der Waals surface area contributed by atoms with Crippen LogP contribution in [-0.2, 0) is 14.8 Å². The number of halogens is 3. The molecule has 1 amide bonds. The number of carbonyl (C=O) groups is 1. The first-order valence-corrected chi connectivity index (χ1v) is 10.6. The summed E-state index contributed by atoms with van der Waals surface area (Å²) in [4.78, 5) is 13.5. The molecule has 0 radical (unpaired) electrons. The number of hydrogen-bond acceptors (Lipinski definition) is 5. The predicted molar refractivity (Wildman–Crippen MR) is 97.7 cm³/mol. The van der Waals surface area contributed by atoms with E-state index in [4.69, 9.17) is 0 Å². The lowest BCUT2D eigenvalue weighted by Gasteiger charge is -2.22. The van der Waals surface area contributed by atoms with Crippen LogP contribution in [0.15, 0.2) is 40.6 Å². The van der Waals surface area contributed by atoms with Crippen LogP contribution in [-0.4, -0.2) is 37.6 Å². The van der Waals surface area contributed by atoms with Crippen molar-refractivity contribution in [2.45, 2.75) is 36.4 Å². The third-order valence-electron chi connectivity index (χ3n) is 4.12. The van der Waals surface area contributed by atoms with E-state index in [2.05, 4.69) is 10.1 Å². The van der Waals surface area contributed by atoms with E-state index in [1.807, 2.05) is 0 Å². The van der Waals surface area contributed by atoms with Gasteiger partial charge in [0.05, 0.1) is 0 Å². The Kier molecular flexibility index (Phi) is 5.69. The van der Waals surface area contributed by atoms with Gasteiger partial charge in [-0.2, -0.15) is 4.31 Å². The average molecular weight is 434 g/mol. The second kappa shape index (κ2) is 7.72. The number of nitrogens with zero attached hydrogens (tertiary/aromatic N) is 1.